The third-order valence-electron chi connectivity index (χ3n) is 3.12. The SMILES string of the molecule is CCN(CCCOc1ccc(C(N)=S)cc1)CC(=O)NC. The van der Waals surface area contributed by atoms with Crippen LogP contribution in [0.1, 0.15) is 18.9 Å². The predicted octanol–water partition coefficient (Wildman–Crippen LogP) is 1.16. The van der Waals surface area contributed by atoms with Gasteiger partial charge >= 0.3 is 0 Å². The van der Waals surface area contributed by atoms with E-state index in [1.54, 1.807) is 7.05 Å². The molecule has 1 aromatic rings. The van der Waals surface area contributed by atoms with Gasteiger partial charge in [-0.15, -0.1) is 0 Å². The molecule has 0 saturated carbocycles. The Morgan fingerprint density at radius 2 is 2.05 bits per heavy atom. The Balaban J connectivity index is 2.29. The molecule has 1 amide bonds. The van der Waals surface area contributed by atoms with Crippen LogP contribution in [0.2, 0.25) is 0 Å². The number of hydrogen-bond donors (Lipinski definition) is 2. The molecule has 6 heteroatoms. The Labute approximate surface area is 131 Å². The number of carbonyl (C=O) groups is 1. The molecule has 1 rings (SSSR count). The largest absolute Gasteiger partial charge is 0.494 e. The van der Waals surface area contributed by atoms with Crippen LogP contribution in [0.3, 0.4) is 0 Å². The zero-order valence-electron chi connectivity index (χ0n) is 12.6. The molecule has 0 aliphatic carbocycles. The maximum absolute atomic E-state index is 11.3. The number of thiocarbonyl (C=S) groups is 1. The van der Waals surface area contributed by atoms with E-state index in [2.05, 4.69) is 10.2 Å². The van der Waals surface area contributed by atoms with E-state index in [4.69, 9.17) is 22.7 Å². The molecule has 0 atom stereocenters. The van der Waals surface area contributed by atoms with Crippen molar-refractivity contribution in [3.63, 3.8) is 0 Å². The van der Waals surface area contributed by atoms with Crippen molar-refractivity contribution in [2.24, 2.45) is 5.73 Å². The molecule has 0 saturated heterocycles. The number of nitrogens with two attached hydrogens (primary N) is 1. The second-order valence-corrected chi connectivity index (χ2v) is 5.07. The van der Waals surface area contributed by atoms with Crippen molar-refractivity contribution in [2.45, 2.75) is 13.3 Å². The monoisotopic (exact) mass is 309 g/mol. The van der Waals surface area contributed by atoms with Gasteiger partial charge in [0.1, 0.15) is 10.7 Å². The molecule has 3 N–H and O–H groups in total. The minimum atomic E-state index is 0.0334. The molecule has 0 aliphatic heterocycles. The summed E-state index contributed by atoms with van der Waals surface area (Å²) in [5.41, 5.74) is 6.37. The van der Waals surface area contributed by atoms with Gasteiger partial charge in [-0.3, -0.25) is 9.69 Å². The van der Waals surface area contributed by atoms with Gasteiger partial charge < -0.3 is 15.8 Å². The lowest BCUT2D eigenvalue weighted by Crippen LogP contribution is -2.36. The van der Waals surface area contributed by atoms with Gasteiger partial charge in [-0.25, -0.2) is 0 Å². The highest BCUT2D eigenvalue weighted by atomic mass is 32.1. The molecule has 5 nitrogen and oxygen atoms in total. The first-order valence-electron chi connectivity index (χ1n) is 7.02. The number of carbonyl (C=O) groups excluding carboxylic acids is 1. The summed E-state index contributed by atoms with van der Waals surface area (Å²) in [7, 11) is 1.65. The van der Waals surface area contributed by atoms with Crippen LogP contribution in [0.4, 0.5) is 0 Å². The van der Waals surface area contributed by atoms with Gasteiger partial charge in [0.2, 0.25) is 5.91 Å². The van der Waals surface area contributed by atoms with Crippen LogP contribution in [0.25, 0.3) is 0 Å². The first-order valence-corrected chi connectivity index (χ1v) is 7.43. The summed E-state index contributed by atoms with van der Waals surface area (Å²) in [6.07, 6.45) is 0.863. The summed E-state index contributed by atoms with van der Waals surface area (Å²) in [4.78, 5) is 13.8. The van der Waals surface area contributed by atoms with Crippen LogP contribution >= 0.6 is 12.2 Å². The Morgan fingerprint density at radius 1 is 1.38 bits per heavy atom. The fourth-order valence-electron chi connectivity index (χ4n) is 1.82. The van der Waals surface area contributed by atoms with E-state index in [0.717, 1.165) is 30.8 Å². The molecule has 116 valence electrons. The van der Waals surface area contributed by atoms with Crippen molar-refractivity contribution < 1.29 is 9.53 Å². The standard InChI is InChI=1S/C15H23N3O2S/c1-3-18(11-14(19)17-2)9-4-10-20-13-7-5-12(6-8-13)15(16)21/h5-8H,3-4,9-11H2,1-2H3,(H2,16,21)(H,17,19). The number of hydrogen-bond acceptors (Lipinski definition) is 4. The van der Waals surface area contributed by atoms with Gasteiger partial charge in [-0.05, 0) is 37.2 Å². The zero-order chi connectivity index (χ0) is 15.7. The molecule has 0 fully saturated rings. The first-order chi connectivity index (χ1) is 10.1. The molecule has 0 heterocycles. The van der Waals surface area contributed by atoms with Crippen molar-refractivity contribution in [1.82, 2.24) is 10.2 Å². The summed E-state index contributed by atoms with van der Waals surface area (Å²) in [5.74, 6) is 0.829. The van der Waals surface area contributed by atoms with E-state index in [9.17, 15) is 4.79 Å². The summed E-state index contributed by atoms with van der Waals surface area (Å²) < 4.78 is 5.66. The Bertz CT molecular complexity index is 462. The average molecular weight is 309 g/mol. The van der Waals surface area contributed by atoms with Crippen LogP contribution in [-0.4, -0.2) is 49.1 Å². The van der Waals surface area contributed by atoms with Crippen molar-refractivity contribution >= 4 is 23.1 Å². The fourth-order valence-corrected chi connectivity index (χ4v) is 1.96. The first kappa shape index (κ1) is 17.4. The normalized spacial score (nSPS) is 10.4. The molecule has 0 unspecified atom stereocenters. The lowest BCUT2D eigenvalue weighted by atomic mass is 10.2. The lowest BCUT2D eigenvalue weighted by molar-refractivity contribution is -0.121. The second-order valence-electron chi connectivity index (χ2n) is 4.63. The molecule has 0 aliphatic rings. The van der Waals surface area contributed by atoms with Crippen LogP contribution in [0.15, 0.2) is 24.3 Å². The maximum atomic E-state index is 11.3. The minimum absolute atomic E-state index is 0.0334. The van der Waals surface area contributed by atoms with Crippen LogP contribution in [-0.2, 0) is 4.79 Å². The van der Waals surface area contributed by atoms with Crippen molar-refractivity contribution in [3.05, 3.63) is 29.8 Å². The summed E-state index contributed by atoms with van der Waals surface area (Å²) in [5, 5.41) is 2.63. The van der Waals surface area contributed by atoms with Crippen LogP contribution < -0.4 is 15.8 Å². The van der Waals surface area contributed by atoms with Crippen LogP contribution in [0.5, 0.6) is 5.75 Å². The molecular formula is C15H23N3O2S. The molecular weight excluding hydrogens is 286 g/mol. The van der Waals surface area contributed by atoms with Crippen molar-refractivity contribution in [2.75, 3.05) is 33.3 Å². The number of rotatable bonds is 9. The third-order valence-corrected chi connectivity index (χ3v) is 3.36. The topological polar surface area (TPSA) is 67.6 Å². The van der Waals surface area contributed by atoms with E-state index in [-0.39, 0.29) is 5.91 Å². The summed E-state index contributed by atoms with van der Waals surface area (Å²) in [6, 6.07) is 7.41. The summed E-state index contributed by atoms with van der Waals surface area (Å²) >= 11 is 4.90. The zero-order valence-corrected chi connectivity index (χ0v) is 13.4. The van der Waals surface area contributed by atoms with Crippen molar-refractivity contribution in [1.29, 1.82) is 0 Å². The number of nitrogens with zero attached hydrogens (tertiary/aromatic N) is 1. The molecule has 0 spiro atoms. The van der Waals surface area contributed by atoms with E-state index in [0.29, 0.717) is 18.1 Å². The Morgan fingerprint density at radius 3 is 2.57 bits per heavy atom. The number of nitrogens with one attached hydrogen (secondary N) is 1. The highest BCUT2D eigenvalue weighted by molar-refractivity contribution is 7.80. The molecule has 1 aromatic carbocycles. The number of likely N-dealkylation sites (N-methyl/N-ethyl adjacent to an activating group) is 2. The number of benzene rings is 1. The third kappa shape index (κ3) is 6.55. The number of ether oxygens (including phenoxy) is 1. The molecule has 0 aromatic heterocycles. The quantitative estimate of drug-likeness (QED) is 0.529. The van der Waals surface area contributed by atoms with Gasteiger partial charge in [0, 0.05) is 19.2 Å². The highest BCUT2D eigenvalue weighted by Gasteiger charge is 2.07. The van der Waals surface area contributed by atoms with E-state index in [1.807, 2.05) is 31.2 Å². The smallest absolute Gasteiger partial charge is 0.233 e. The summed E-state index contributed by atoms with van der Waals surface area (Å²) in [6.45, 7) is 4.75. The molecule has 21 heavy (non-hydrogen) atoms. The maximum Gasteiger partial charge on any atom is 0.233 e. The molecule has 0 radical (unpaired) electrons. The molecule has 0 bridgehead atoms. The van der Waals surface area contributed by atoms with E-state index in [1.165, 1.54) is 0 Å². The highest BCUT2D eigenvalue weighted by Crippen LogP contribution is 2.12. The van der Waals surface area contributed by atoms with E-state index < -0.39 is 0 Å². The van der Waals surface area contributed by atoms with E-state index >= 15 is 0 Å². The van der Waals surface area contributed by atoms with Gasteiger partial charge in [-0.1, -0.05) is 19.1 Å². The Kier molecular flexibility index (Phi) is 7.71. The van der Waals surface area contributed by atoms with Gasteiger partial charge in [0.25, 0.3) is 0 Å². The van der Waals surface area contributed by atoms with Gasteiger partial charge in [-0.2, -0.15) is 0 Å². The average Bonchev–Trinajstić information content (AvgIpc) is 2.50. The fraction of sp³-hybridized carbons (Fsp3) is 0.467. The van der Waals surface area contributed by atoms with Gasteiger partial charge in [0.15, 0.2) is 0 Å². The minimum Gasteiger partial charge on any atom is -0.494 e. The lowest BCUT2D eigenvalue weighted by Gasteiger charge is -2.19. The second kappa shape index (κ2) is 9.31. The van der Waals surface area contributed by atoms with Gasteiger partial charge in [0.05, 0.1) is 13.2 Å². The number of amides is 1. The van der Waals surface area contributed by atoms with Crippen molar-refractivity contribution in [3.8, 4) is 5.75 Å². The van der Waals surface area contributed by atoms with Crippen LogP contribution in [0, 0.1) is 0 Å². The predicted molar refractivity (Wildman–Crippen MR) is 88.6 cm³/mol. The Hall–Kier alpha value is -1.66.